The monoisotopic (exact) mass is 450 g/mol. The minimum absolute atomic E-state index is 0.00818. The Hall–Kier alpha value is -3.09. The van der Waals surface area contributed by atoms with Crippen LogP contribution in [0.3, 0.4) is 0 Å². The second kappa shape index (κ2) is 11.7. The summed E-state index contributed by atoms with van der Waals surface area (Å²) < 4.78 is 5.89. The van der Waals surface area contributed by atoms with Gasteiger partial charge in [-0.15, -0.1) is 0 Å². The summed E-state index contributed by atoms with van der Waals surface area (Å²) in [6.07, 6.45) is 12.5. The number of pyridine rings is 1. The van der Waals surface area contributed by atoms with Gasteiger partial charge in [0.05, 0.1) is 18.5 Å². The molecule has 33 heavy (non-hydrogen) atoms. The number of nitrogens with zero attached hydrogens (tertiary/aromatic N) is 3. The van der Waals surface area contributed by atoms with Gasteiger partial charge < -0.3 is 19.9 Å². The number of hydrogen-bond acceptors (Lipinski definition) is 4. The quantitative estimate of drug-likeness (QED) is 0.614. The van der Waals surface area contributed by atoms with Crippen molar-refractivity contribution in [3.05, 3.63) is 54.4 Å². The summed E-state index contributed by atoms with van der Waals surface area (Å²) in [4.78, 5) is 32.8. The van der Waals surface area contributed by atoms with E-state index in [0.29, 0.717) is 37.4 Å². The standard InChI is InChI=1S/C26H34N4O3/c31-25(29-15-17-30(18-16-29)26(32)28-23-9-4-14-27-20-23)22-10-12-24(13-11-22)33-19-5-8-21-6-2-1-3-7-21/h4,9-14,20-21H,1-3,5-8,15-19H2,(H,28,32). The van der Waals surface area contributed by atoms with Crippen LogP contribution >= 0.6 is 0 Å². The summed E-state index contributed by atoms with van der Waals surface area (Å²) >= 11 is 0. The van der Waals surface area contributed by atoms with E-state index in [1.165, 1.54) is 38.5 Å². The maximum Gasteiger partial charge on any atom is 0.322 e. The van der Waals surface area contributed by atoms with Crippen LogP contribution in [0.25, 0.3) is 0 Å². The van der Waals surface area contributed by atoms with Crippen molar-refractivity contribution < 1.29 is 14.3 Å². The number of carbonyl (C=O) groups is 2. The number of carbonyl (C=O) groups excluding carboxylic acids is 2. The lowest BCUT2D eigenvalue weighted by Crippen LogP contribution is -2.51. The lowest BCUT2D eigenvalue weighted by atomic mass is 9.86. The molecule has 7 nitrogen and oxygen atoms in total. The number of rotatable bonds is 7. The van der Waals surface area contributed by atoms with Crippen molar-refractivity contribution in [1.82, 2.24) is 14.8 Å². The van der Waals surface area contributed by atoms with Crippen LogP contribution in [0, 0.1) is 5.92 Å². The molecule has 7 heteroatoms. The van der Waals surface area contributed by atoms with Crippen LogP contribution in [0.15, 0.2) is 48.8 Å². The first kappa shape index (κ1) is 23.1. The Bertz CT molecular complexity index is 890. The fourth-order valence-electron chi connectivity index (χ4n) is 4.67. The molecule has 2 fully saturated rings. The van der Waals surface area contributed by atoms with Gasteiger partial charge in [-0.25, -0.2) is 4.79 Å². The van der Waals surface area contributed by atoms with E-state index in [0.717, 1.165) is 24.7 Å². The summed E-state index contributed by atoms with van der Waals surface area (Å²) in [5.41, 5.74) is 1.31. The highest BCUT2D eigenvalue weighted by molar-refractivity contribution is 5.94. The number of aromatic nitrogens is 1. The van der Waals surface area contributed by atoms with Crippen LogP contribution in [-0.4, -0.2) is 59.5 Å². The molecule has 2 aliphatic rings. The maximum absolute atomic E-state index is 12.9. The molecule has 3 amide bonds. The summed E-state index contributed by atoms with van der Waals surface area (Å²) in [7, 11) is 0. The molecule has 1 aliphatic heterocycles. The Morgan fingerprint density at radius 2 is 1.70 bits per heavy atom. The number of urea groups is 1. The first-order valence-electron chi connectivity index (χ1n) is 12.2. The third kappa shape index (κ3) is 6.70. The Labute approximate surface area is 196 Å². The van der Waals surface area contributed by atoms with Gasteiger partial charge in [-0.05, 0) is 55.2 Å². The van der Waals surface area contributed by atoms with E-state index in [-0.39, 0.29) is 11.9 Å². The summed E-state index contributed by atoms with van der Waals surface area (Å²) in [5.74, 6) is 1.68. The van der Waals surface area contributed by atoms with Crippen LogP contribution < -0.4 is 10.1 Å². The number of amides is 3. The van der Waals surface area contributed by atoms with Gasteiger partial charge >= 0.3 is 6.03 Å². The predicted octanol–water partition coefficient (Wildman–Crippen LogP) is 4.81. The van der Waals surface area contributed by atoms with E-state index in [1.807, 2.05) is 24.3 Å². The van der Waals surface area contributed by atoms with Crippen molar-refractivity contribution in [3.8, 4) is 5.75 Å². The SMILES string of the molecule is O=C(Nc1cccnc1)N1CCN(C(=O)c2ccc(OCCCC3CCCCC3)cc2)CC1. The Kier molecular flexibility index (Phi) is 8.17. The molecule has 1 aromatic carbocycles. The zero-order valence-electron chi connectivity index (χ0n) is 19.2. The van der Waals surface area contributed by atoms with Gasteiger partial charge in [0.2, 0.25) is 0 Å². The molecule has 0 radical (unpaired) electrons. The molecule has 2 heterocycles. The number of hydrogen-bond donors (Lipinski definition) is 1. The fraction of sp³-hybridized carbons (Fsp3) is 0.500. The van der Waals surface area contributed by atoms with Crippen molar-refractivity contribution >= 4 is 17.6 Å². The van der Waals surface area contributed by atoms with Gasteiger partial charge in [-0.1, -0.05) is 32.1 Å². The van der Waals surface area contributed by atoms with Gasteiger partial charge in [-0.3, -0.25) is 9.78 Å². The van der Waals surface area contributed by atoms with Crippen molar-refractivity contribution in [2.45, 2.75) is 44.9 Å². The molecule has 1 saturated heterocycles. The largest absolute Gasteiger partial charge is 0.494 e. The van der Waals surface area contributed by atoms with Gasteiger partial charge in [0.15, 0.2) is 0 Å². The lowest BCUT2D eigenvalue weighted by Gasteiger charge is -2.34. The zero-order chi connectivity index (χ0) is 22.9. The number of piperazine rings is 1. The first-order chi connectivity index (χ1) is 16.2. The Balaban J connectivity index is 1.18. The minimum atomic E-state index is -0.167. The molecule has 1 saturated carbocycles. The number of anilines is 1. The highest BCUT2D eigenvalue weighted by Crippen LogP contribution is 2.27. The van der Waals surface area contributed by atoms with E-state index >= 15 is 0 Å². The molecule has 1 N–H and O–H groups in total. The highest BCUT2D eigenvalue weighted by atomic mass is 16.5. The fourth-order valence-corrected chi connectivity index (χ4v) is 4.67. The predicted molar refractivity (Wildman–Crippen MR) is 128 cm³/mol. The zero-order valence-corrected chi connectivity index (χ0v) is 19.2. The lowest BCUT2D eigenvalue weighted by molar-refractivity contribution is 0.0671. The topological polar surface area (TPSA) is 74.8 Å². The second-order valence-corrected chi connectivity index (χ2v) is 8.97. The van der Waals surface area contributed by atoms with Crippen LogP contribution in [-0.2, 0) is 0 Å². The van der Waals surface area contributed by atoms with E-state index in [9.17, 15) is 9.59 Å². The molecular weight excluding hydrogens is 416 g/mol. The summed E-state index contributed by atoms with van der Waals surface area (Å²) in [6, 6.07) is 10.8. The molecule has 2 aromatic rings. The van der Waals surface area contributed by atoms with E-state index in [1.54, 1.807) is 34.3 Å². The maximum atomic E-state index is 12.9. The summed E-state index contributed by atoms with van der Waals surface area (Å²) in [6.45, 7) is 2.75. The molecule has 0 spiro atoms. The van der Waals surface area contributed by atoms with Gasteiger partial charge in [0, 0.05) is 37.9 Å². The molecule has 1 aromatic heterocycles. The van der Waals surface area contributed by atoms with Crippen molar-refractivity contribution in [2.24, 2.45) is 5.92 Å². The van der Waals surface area contributed by atoms with E-state index in [4.69, 9.17) is 4.74 Å². The normalized spacial score (nSPS) is 17.0. The molecule has 1 aliphatic carbocycles. The average Bonchev–Trinajstić information content (AvgIpc) is 2.88. The van der Waals surface area contributed by atoms with E-state index in [2.05, 4.69) is 10.3 Å². The molecule has 0 unspecified atom stereocenters. The van der Waals surface area contributed by atoms with Crippen LogP contribution in [0.4, 0.5) is 10.5 Å². The molecular formula is C26H34N4O3. The van der Waals surface area contributed by atoms with Crippen LogP contribution in [0.1, 0.15) is 55.3 Å². The number of nitrogens with one attached hydrogen (secondary N) is 1. The third-order valence-electron chi connectivity index (χ3n) is 6.62. The first-order valence-corrected chi connectivity index (χ1v) is 12.2. The number of ether oxygens (including phenoxy) is 1. The Morgan fingerprint density at radius 3 is 2.39 bits per heavy atom. The minimum Gasteiger partial charge on any atom is -0.494 e. The van der Waals surface area contributed by atoms with Crippen molar-refractivity contribution in [3.63, 3.8) is 0 Å². The second-order valence-electron chi connectivity index (χ2n) is 8.97. The van der Waals surface area contributed by atoms with Crippen molar-refractivity contribution in [2.75, 3.05) is 38.1 Å². The van der Waals surface area contributed by atoms with Crippen molar-refractivity contribution in [1.29, 1.82) is 0 Å². The molecule has 4 rings (SSSR count). The van der Waals surface area contributed by atoms with Gasteiger partial charge in [0.25, 0.3) is 5.91 Å². The molecule has 176 valence electrons. The highest BCUT2D eigenvalue weighted by Gasteiger charge is 2.25. The van der Waals surface area contributed by atoms with Gasteiger partial charge in [0.1, 0.15) is 5.75 Å². The smallest absolute Gasteiger partial charge is 0.322 e. The van der Waals surface area contributed by atoms with Crippen LogP contribution in [0.5, 0.6) is 5.75 Å². The molecule has 0 bridgehead atoms. The average molecular weight is 451 g/mol. The Morgan fingerprint density at radius 1 is 0.970 bits per heavy atom. The van der Waals surface area contributed by atoms with Crippen LogP contribution in [0.2, 0.25) is 0 Å². The molecule has 0 atom stereocenters. The number of benzene rings is 1. The third-order valence-corrected chi connectivity index (χ3v) is 6.62. The van der Waals surface area contributed by atoms with E-state index < -0.39 is 0 Å². The summed E-state index contributed by atoms with van der Waals surface area (Å²) in [5, 5.41) is 2.84. The van der Waals surface area contributed by atoms with Gasteiger partial charge in [-0.2, -0.15) is 0 Å².